The third-order valence-electron chi connectivity index (χ3n) is 3.43. The van der Waals surface area contributed by atoms with Crippen molar-refractivity contribution in [1.29, 1.82) is 0 Å². The lowest BCUT2D eigenvalue weighted by Gasteiger charge is -2.26. The van der Waals surface area contributed by atoms with Gasteiger partial charge in [0.15, 0.2) is 0 Å². The predicted molar refractivity (Wildman–Crippen MR) is 59.0 cm³/mol. The number of aromatic hydroxyl groups is 1. The molecule has 2 nitrogen and oxygen atoms in total. The van der Waals surface area contributed by atoms with Crippen molar-refractivity contribution in [2.24, 2.45) is 5.41 Å². The van der Waals surface area contributed by atoms with Crippen LogP contribution in [0.5, 0.6) is 5.75 Å². The second kappa shape index (κ2) is 3.37. The van der Waals surface area contributed by atoms with Gasteiger partial charge in [0.05, 0.1) is 0 Å². The lowest BCUT2D eigenvalue weighted by atomic mass is 9.76. The van der Waals surface area contributed by atoms with Crippen LogP contribution in [0, 0.1) is 5.41 Å². The van der Waals surface area contributed by atoms with Gasteiger partial charge >= 0.3 is 0 Å². The number of phenols is 1. The van der Waals surface area contributed by atoms with Crippen LogP contribution in [0.1, 0.15) is 37.3 Å². The number of benzene rings is 1. The molecular weight excluding hydrogens is 188 g/mol. The first-order valence-corrected chi connectivity index (χ1v) is 5.33. The minimum absolute atomic E-state index is 0.159. The van der Waals surface area contributed by atoms with Crippen LogP contribution in [0.25, 0.3) is 0 Å². The molecule has 80 valence electrons. The lowest BCUT2D eigenvalue weighted by molar-refractivity contribution is -0.115. The van der Waals surface area contributed by atoms with Crippen molar-refractivity contribution >= 4 is 6.29 Å². The first-order valence-electron chi connectivity index (χ1n) is 5.33. The van der Waals surface area contributed by atoms with Gasteiger partial charge in [-0.2, -0.15) is 0 Å². The fraction of sp³-hybridized carbons (Fsp3) is 0.462. The van der Waals surface area contributed by atoms with E-state index in [2.05, 4.69) is 0 Å². The molecule has 1 aliphatic carbocycles. The molecule has 0 heterocycles. The van der Waals surface area contributed by atoms with Gasteiger partial charge < -0.3 is 9.90 Å². The van der Waals surface area contributed by atoms with Crippen LogP contribution in [-0.2, 0) is 11.2 Å². The van der Waals surface area contributed by atoms with Gasteiger partial charge in [0.1, 0.15) is 12.0 Å². The highest BCUT2D eigenvalue weighted by Gasteiger charge is 2.37. The molecule has 0 amide bonds. The van der Waals surface area contributed by atoms with E-state index in [1.54, 1.807) is 6.07 Å². The summed E-state index contributed by atoms with van der Waals surface area (Å²) in [5.41, 5.74) is 1.79. The Bertz CT molecular complexity index is 394. The fourth-order valence-corrected chi connectivity index (χ4v) is 2.49. The summed E-state index contributed by atoms with van der Waals surface area (Å²) in [4.78, 5) is 11.1. The van der Waals surface area contributed by atoms with Gasteiger partial charge in [-0.1, -0.05) is 26.0 Å². The van der Waals surface area contributed by atoms with Crippen molar-refractivity contribution in [3.63, 3.8) is 0 Å². The highest BCUT2D eigenvalue weighted by atomic mass is 16.3. The zero-order valence-corrected chi connectivity index (χ0v) is 9.16. The topological polar surface area (TPSA) is 37.3 Å². The minimum Gasteiger partial charge on any atom is -0.508 e. The smallest absolute Gasteiger partial charge is 0.126 e. The summed E-state index contributed by atoms with van der Waals surface area (Å²) >= 11 is 0. The maximum Gasteiger partial charge on any atom is 0.126 e. The van der Waals surface area contributed by atoms with Crippen molar-refractivity contribution in [1.82, 2.24) is 0 Å². The van der Waals surface area contributed by atoms with Gasteiger partial charge in [0.25, 0.3) is 0 Å². The third kappa shape index (κ3) is 1.54. The number of aryl methyl sites for hydroxylation is 1. The number of phenolic OH excluding ortho intramolecular Hbond substituents is 1. The molecule has 2 rings (SSSR count). The number of aldehydes is 1. The summed E-state index contributed by atoms with van der Waals surface area (Å²) < 4.78 is 0. The van der Waals surface area contributed by atoms with Crippen molar-refractivity contribution in [2.45, 2.75) is 32.6 Å². The largest absolute Gasteiger partial charge is 0.508 e. The number of hydrogen-bond acceptors (Lipinski definition) is 2. The SMILES string of the molecule is CC(C)(C=O)C1CCc2cccc(O)c21. The molecule has 1 atom stereocenters. The summed E-state index contributed by atoms with van der Waals surface area (Å²) in [6.07, 6.45) is 2.92. The highest BCUT2D eigenvalue weighted by Crippen LogP contribution is 2.47. The number of carbonyl (C=O) groups is 1. The molecule has 1 aromatic carbocycles. The second-order valence-corrected chi connectivity index (χ2v) is 4.88. The molecule has 0 radical (unpaired) electrons. The van der Waals surface area contributed by atoms with Gasteiger partial charge in [-0.05, 0) is 30.4 Å². The Balaban J connectivity index is 2.48. The zero-order valence-electron chi connectivity index (χ0n) is 9.16. The summed E-state index contributed by atoms with van der Waals surface area (Å²) in [6.45, 7) is 3.87. The average Bonchev–Trinajstić information content (AvgIpc) is 2.63. The standard InChI is InChI=1S/C13H16O2/c1-13(2,8-14)10-7-6-9-4-3-5-11(15)12(9)10/h3-5,8,10,15H,6-7H2,1-2H3. The zero-order chi connectivity index (χ0) is 11.1. The van der Waals surface area contributed by atoms with Crippen LogP contribution in [0.2, 0.25) is 0 Å². The van der Waals surface area contributed by atoms with E-state index in [4.69, 9.17) is 0 Å². The summed E-state index contributed by atoms with van der Waals surface area (Å²) in [5.74, 6) is 0.496. The van der Waals surface area contributed by atoms with Crippen LogP contribution < -0.4 is 0 Å². The van der Waals surface area contributed by atoms with Gasteiger partial charge in [0.2, 0.25) is 0 Å². The van der Waals surface area contributed by atoms with Crippen molar-refractivity contribution in [2.75, 3.05) is 0 Å². The van der Waals surface area contributed by atoms with E-state index in [1.165, 1.54) is 5.56 Å². The van der Waals surface area contributed by atoms with E-state index in [9.17, 15) is 9.90 Å². The van der Waals surface area contributed by atoms with Crippen LogP contribution in [0.4, 0.5) is 0 Å². The Kier molecular flexibility index (Phi) is 2.29. The van der Waals surface area contributed by atoms with Gasteiger partial charge in [-0.15, -0.1) is 0 Å². The van der Waals surface area contributed by atoms with E-state index in [0.717, 1.165) is 24.7 Å². The lowest BCUT2D eigenvalue weighted by Crippen LogP contribution is -2.22. The maximum atomic E-state index is 11.1. The normalized spacial score (nSPS) is 20.0. The molecule has 0 spiro atoms. The van der Waals surface area contributed by atoms with Crippen LogP contribution in [-0.4, -0.2) is 11.4 Å². The quantitative estimate of drug-likeness (QED) is 0.752. The number of fused-ring (bicyclic) bond motifs is 1. The molecule has 1 aliphatic rings. The maximum absolute atomic E-state index is 11.1. The minimum atomic E-state index is -0.385. The Morgan fingerprint density at radius 3 is 2.87 bits per heavy atom. The first kappa shape index (κ1) is 10.2. The highest BCUT2D eigenvalue weighted by molar-refractivity contribution is 5.62. The van der Waals surface area contributed by atoms with E-state index >= 15 is 0 Å². The van der Waals surface area contributed by atoms with Crippen LogP contribution in [0.15, 0.2) is 18.2 Å². The molecule has 1 aromatic rings. The molecular formula is C13H16O2. The van der Waals surface area contributed by atoms with Gasteiger partial charge in [-0.25, -0.2) is 0 Å². The van der Waals surface area contributed by atoms with Gasteiger partial charge in [-0.3, -0.25) is 0 Å². The molecule has 0 aliphatic heterocycles. The molecule has 2 heteroatoms. The Morgan fingerprint density at radius 2 is 2.20 bits per heavy atom. The molecule has 0 fully saturated rings. The second-order valence-electron chi connectivity index (χ2n) is 4.88. The van der Waals surface area contributed by atoms with Crippen molar-refractivity contribution in [3.8, 4) is 5.75 Å². The van der Waals surface area contributed by atoms with E-state index < -0.39 is 0 Å². The molecule has 1 unspecified atom stereocenters. The Morgan fingerprint density at radius 1 is 1.47 bits per heavy atom. The Labute approximate surface area is 89.9 Å². The molecule has 1 N–H and O–H groups in total. The van der Waals surface area contributed by atoms with Crippen molar-refractivity contribution in [3.05, 3.63) is 29.3 Å². The fourth-order valence-electron chi connectivity index (χ4n) is 2.49. The molecule has 0 bridgehead atoms. The predicted octanol–water partition coefficient (Wildman–Crippen LogP) is 2.65. The number of carbonyl (C=O) groups excluding carboxylic acids is 1. The molecule has 0 saturated heterocycles. The number of hydrogen-bond donors (Lipinski definition) is 1. The van der Waals surface area contributed by atoms with Crippen molar-refractivity contribution < 1.29 is 9.90 Å². The summed E-state index contributed by atoms with van der Waals surface area (Å²) in [6, 6.07) is 5.61. The Hall–Kier alpha value is -1.31. The average molecular weight is 204 g/mol. The van der Waals surface area contributed by atoms with Crippen LogP contribution >= 0.6 is 0 Å². The van der Waals surface area contributed by atoms with Crippen LogP contribution in [0.3, 0.4) is 0 Å². The van der Waals surface area contributed by atoms with E-state index in [1.807, 2.05) is 26.0 Å². The first-order chi connectivity index (χ1) is 7.06. The molecule has 0 saturated carbocycles. The monoisotopic (exact) mass is 204 g/mol. The summed E-state index contributed by atoms with van der Waals surface area (Å²) in [7, 11) is 0. The summed E-state index contributed by atoms with van der Waals surface area (Å²) in [5, 5.41) is 9.84. The molecule has 0 aromatic heterocycles. The van der Waals surface area contributed by atoms with E-state index in [-0.39, 0.29) is 11.3 Å². The van der Waals surface area contributed by atoms with Gasteiger partial charge in [0, 0.05) is 11.0 Å². The van der Waals surface area contributed by atoms with E-state index in [0.29, 0.717) is 5.75 Å². The number of rotatable bonds is 2. The third-order valence-corrected chi connectivity index (χ3v) is 3.43. The molecule has 15 heavy (non-hydrogen) atoms.